The summed E-state index contributed by atoms with van der Waals surface area (Å²) < 4.78 is 0. The lowest BCUT2D eigenvalue weighted by Crippen LogP contribution is -2.34. The quantitative estimate of drug-likeness (QED) is 0.768. The minimum atomic E-state index is 0.0125. The third-order valence-electron chi connectivity index (χ3n) is 5.29. The van der Waals surface area contributed by atoms with Crippen LogP contribution in [0.1, 0.15) is 42.9 Å². The molecule has 0 unspecified atom stereocenters. The first-order chi connectivity index (χ1) is 14.7. The molecule has 1 heterocycles. The zero-order valence-corrected chi connectivity index (χ0v) is 17.4. The largest absolute Gasteiger partial charge is 0.356 e. The van der Waals surface area contributed by atoms with E-state index in [2.05, 4.69) is 22.8 Å². The second-order valence-corrected chi connectivity index (χ2v) is 7.60. The number of carbonyl (C=O) groups excluding carboxylic acids is 2. The highest BCUT2D eigenvalue weighted by Crippen LogP contribution is 2.17. The van der Waals surface area contributed by atoms with Gasteiger partial charge in [0.25, 0.3) is 0 Å². The van der Waals surface area contributed by atoms with Crippen LogP contribution in [-0.2, 0) is 9.59 Å². The summed E-state index contributed by atoms with van der Waals surface area (Å²) in [7, 11) is 0. The molecule has 0 radical (unpaired) electrons. The Labute approximate surface area is 179 Å². The van der Waals surface area contributed by atoms with Crippen molar-refractivity contribution >= 4 is 17.9 Å². The Balaban J connectivity index is 1.58. The molecule has 2 N–H and O–H groups in total. The molecule has 1 atom stereocenters. The van der Waals surface area contributed by atoms with Gasteiger partial charge in [-0.25, -0.2) is 0 Å². The van der Waals surface area contributed by atoms with E-state index in [1.54, 1.807) is 6.08 Å². The lowest BCUT2D eigenvalue weighted by atomic mass is 10.0. The lowest BCUT2D eigenvalue weighted by molar-refractivity contribution is -0.126. The molecule has 1 saturated heterocycles. The Kier molecular flexibility index (Phi) is 8.66. The summed E-state index contributed by atoms with van der Waals surface area (Å²) in [5.74, 6) is 0.0626. The molecule has 1 fully saturated rings. The fraction of sp³-hybridized carbons (Fsp3) is 0.360. The Morgan fingerprint density at radius 2 is 1.60 bits per heavy atom. The van der Waals surface area contributed by atoms with Crippen molar-refractivity contribution in [2.24, 2.45) is 0 Å². The van der Waals surface area contributed by atoms with Gasteiger partial charge in [-0.2, -0.15) is 0 Å². The maximum Gasteiger partial charge on any atom is 0.246 e. The number of nitrogens with one attached hydrogen (secondary N) is 2. The van der Waals surface area contributed by atoms with Gasteiger partial charge in [0.1, 0.15) is 0 Å². The molecule has 2 aromatic rings. The van der Waals surface area contributed by atoms with Gasteiger partial charge in [-0.1, -0.05) is 60.7 Å². The molecule has 0 aliphatic carbocycles. The number of amides is 2. The van der Waals surface area contributed by atoms with E-state index >= 15 is 0 Å². The zero-order chi connectivity index (χ0) is 21.0. The van der Waals surface area contributed by atoms with Crippen molar-refractivity contribution in [1.29, 1.82) is 0 Å². The summed E-state index contributed by atoms with van der Waals surface area (Å²) in [6.45, 7) is 2.76. The van der Waals surface area contributed by atoms with Crippen LogP contribution in [0.4, 0.5) is 0 Å². The third kappa shape index (κ3) is 7.16. The molecule has 0 aromatic heterocycles. The number of carbonyl (C=O) groups is 2. The highest BCUT2D eigenvalue weighted by molar-refractivity contribution is 5.91. The molecule has 5 nitrogen and oxygen atoms in total. The second-order valence-electron chi connectivity index (χ2n) is 7.60. The van der Waals surface area contributed by atoms with Gasteiger partial charge in [0.2, 0.25) is 11.8 Å². The fourth-order valence-electron chi connectivity index (χ4n) is 3.62. The average Bonchev–Trinajstić information content (AvgIpc) is 2.80. The highest BCUT2D eigenvalue weighted by atomic mass is 16.2. The molecule has 158 valence electrons. The summed E-state index contributed by atoms with van der Waals surface area (Å²) in [6.07, 6.45) is 6.57. The van der Waals surface area contributed by atoms with Crippen molar-refractivity contribution in [3.05, 3.63) is 77.9 Å². The van der Waals surface area contributed by atoms with Crippen molar-refractivity contribution in [1.82, 2.24) is 15.5 Å². The van der Waals surface area contributed by atoms with Gasteiger partial charge in [0, 0.05) is 38.2 Å². The Hall–Kier alpha value is -2.92. The van der Waals surface area contributed by atoms with E-state index in [1.165, 1.54) is 0 Å². The van der Waals surface area contributed by atoms with Gasteiger partial charge >= 0.3 is 0 Å². The number of hydrogen-bond acceptors (Lipinski definition) is 3. The molecule has 30 heavy (non-hydrogen) atoms. The predicted octanol–water partition coefficient (Wildman–Crippen LogP) is 3.55. The normalized spacial score (nSPS) is 19.4. The van der Waals surface area contributed by atoms with Gasteiger partial charge in [-0.3, -0.25) is 9.59 Å². The van der Waals surface area contributed by atoms with Crippen LogP contribution in [0, 0.1) is 0 Å². The zero-order valence-electron chi connectivity index (χ0n) is 17.4. The van der Waals surface area contributed by atoms with E-state index in [-0.39, 0.29) is 17.9 Å². The van der Waals surface area contributed by atoms with Gasteiger partial charge in [0.05, 0.1) is 0 Å². The summed E-state index contributed by atoms with van der Waals surface area (Å²) in [4.78, 5) is 27.0. The molecule has 0 saturated carbocycles. The molecular formula is C25H31N3O2. The third-order valence-corrected chi connectivity index (χ3v) is 5.29. The number of nitrogens with zero attached hydrogens (tertiary/aromatic N) is 1. The van der Waals surface area contributed by atoms with Crippen molar-refractivity contribution in [3.63, 3.8) is 0 Å². The first-order valence-corrected chi connectivity index (χ1v) is 10.8. The van der Waals surface area contributed by atoms with Crippen LogP contribution in [0.5, 0.6) is 0 Å². The summed E-state index contributed by atoms with van der Waals surface area (Å²) in [6, 6.07) is 20.0. The van der Waals surface area contributed by atoms with Crippen LogP contribution >= 0.6 is 0 Å². The Morgan fingerprint density at radius 1 is 0.900 bits per heavy atom. The van der Waals surface area contributed by atoms with E-state index in [9.17, 15) is 9.59 Å². The minimum absolute atomic E-state index is 0.0125. The first kappa shape index (κ1) is 21.8. The van der Waals surface area contributed by atoms with E-state index in [4.69, 9.17) is 0 Å². The SMILES string of the molecule is O=C1C[C@H](c2ccccc2)NCCCCN(C(=O)/C=C\c2ccccc2)CCCN1. The van der Waals surface area contributed by atoms with Gasteiger partial charge in [0.15, 0.2) is 0 Å². The van der Waals surface area contributed by atoms with Crippen LogP contribution in [0.2, 0.25) is 0 Å². The first-order valence-electron chi connectivity index (χ1n) is 10.8. The standard InChI is InChI=1S/C25H31N3O2/c29-24-20-23(22-12-5-2-6-13-22)26-16-7-8-18-28(19-9-17-27-24)25(30)15-14-21-10-3-1-4-11-21/h1-6,10-15,23,26H,7-9,16-20H2,(H,27,29)/b15-14-/t23-/m1/s1. The lowest BCUT2D eigenvalue weighted by Gasteiger charge is -2.21. The Morgan fingerprint density at radius 3 is 2.37 bits per heavy atom. The number of rotatable bonds is 3. The van der Waals surface area contributed by atoms with Crippen LogP contribution < -0.4 is 10.6 Å². The monoisotopic (exact) mass is 405 g/mol. The van der Waals surface area contributed by atoms with Crippen molar-refractivity contribution in [3.8, 4) is 0 Å². The molecular weight excluding hydrogens is 374 g/mol. The smallest absolute Gasteiger partial charge is 0.246 e. The van der Waals surface area contributed by atoms with Gasteiger partial charge in [-0.15, -0.1) is 0 Å². The molecule has 3 rings (SSSR count). The summed E-state index contributed by atoms with van der Waals surface area (Å²) in [5, 5.41) is 6.52. The molecule has 5 heteroatoms. The fourth-order valence-corrected chi connectivity index (χ4v) is 3.62. The topological polar surface area (TPSA) is 61.4 Å². The second kappa shape index (κ2) is 11.9. The minimum Gasteiger partial charge on any atom is -0.356 e. The van der Waals surface area contributed by atoms with E-state index in [0.29, 0.717) is 19.5 Å². The molecule has 2 amide bonds. The van der Waals surface area contributed by atoms with Crippen LogP contribution in [0.3, 0.4) is 0 Å². The maximum atomic E-state index is 12.7. The van der Waals surface area contributed by atoms with Crippen LogP contribution in [0.15, 0.2) is 66.7 Å². The van der Waals surface area contributed by atoms with Gasteiger partial charge in [-0.05, 0) is 43.0 Å². The maximum absolute atomic E-state index is 12.7. The molecule has 2 aromatic carbocycles. The number of hydrogen-bond donors (Lipinski definition) is 2. The number of benzene rings is 2. The molecule has 0 bridgehead atoms. The molecule has 1 aliphatic heterocycles. The predicted molar refractivity (Wildman–Crippen MR) is 121 cm³/mol. The Bertz CT molecular complexity index is 821. The van der Waals surface area contributed by atoms with Crippen molar-refractivity contribution in [2.45, 2.75) is 31.7 Å². The van der Waals surface area contributed by atoms with E-state index < -0.39 is 0 Å². The van der Waals surface area contributed by atoms with Crippen molar-refractivity contribution in [2.75, 3.05) is 26.2 Å². The molecule has 1 aliphatic rings. The summed E-state index contributed by atoms with van der Waals surface area (Å²) >= 11 is 0. The van der Waals surface area contributed by atoms with E-state index in [0.717, 1.165) is 43.5 Å². The van der Waals surface area contributed by atoms with Crippen molar-refractivity contribution < 1.29 is 9.59 Å². The molecule has 0 spiro atoms. The van der Waals surface area contributed by atoms with Gasteiger partial charge < -0.3 is 15.5 Å². The summed E-state index contributed by atoms with van der Waals surface area (Å²) in [5.41, 5.74) is 2.14. The van der Waals surface area contributed by atoms with E-state index in [1.807, 2.05) is 59.5 Å². The van der Waals surface area contributed by atoms with Crippen LogP contribution in [-0.4, -0.2) is 42.9 Å². The van der Waals surface area contributed by atoms with Crippen LogP contribution in [0.25, 0.3) is 6.08 Å². The highest BCUT2D eigenvalue weighted by Gasteiger charge is 2.17. The average molecular weight is 406 g/mol.